The van der Waals surface area contributed by atoms with Crippen LogP contribution in [0, 0.1) is 5.92 Å². The molecule has 7 nitrogen and oxygen atoms in total. The minimum absolute atomic E-state index is 0.0906. The van der Waals surface area contributed by atoms with Gasteiger partial charge in [0.15, 0.2) is 0 Å². The van der Waals surface area contributed by atoms with Crippen LogP contribution in [0.2, 0.25) is 15.1 Å². The second-order valence-electron chi connectivity index (χ2n) is 10.0. The molecule has 0 aliphatic rings. The SMILES string of the molecule is CC(C)CNC(=O)[C@@H](C)N(Cc1c(Cl)cccc1Cl)C(=O)CN(c1cc(C(F)(F)F)ccc1Cl)S(=O)(=O)c1ccccc1. The summed E-state index contributed by atoms with van der Waals surface area (Å²) in [5, 5.41) is 2.77. The first-order chi connectivity index (χ1) is 20.0. The lowest BCUT2D eigenvalue weighted by Crippen LogP contribution is -2.51. The molecule has 232 valence electrons. The molecule has 3 aromatic rings. The van der Waals surface area contributed by atoms with E-state index >= 15 is 0 Å². The van der Waals surface area contributed by atoms with Gasteiger partial charge in [-0.15, -0.1) is 0 Å². The number of hydrogen-bond acceptors (Lipinski definition) is 4. The molecule has 3 aromatic carbocycles. The molecule has 0 radical (unpaired) electrons. The number of carbonyl (C=O) groups is 2. The van der Waals surface area contributed by atoms with E-state index in [1.165, 1.54) is 43.3 Å². The Bertz CT molecular complexity index is 1550. The second kappa shape index (κ2) is 14.2. The predicted molar refractivity (Wildman–Crippen MR) is 162 cm³/mol. The third-order valence-electron chi connectivity index (χ3n) is 6.39. The van der Waals surface area contributed by atoms with E-state index in [4.69, 9.17) is 34.8 Å². The van der Waals surface area contributed by atoms with Gasteiger partial charge in [-0.1, -0.05) is 72.9 Å². The Morgan fingerprint density at radius 3 is 2.05 bits per heavy atom. The summed E-state index contributed by atoms with van der Waals surface area (Å²) in [6.45, 7) is 4.19. The van der Waals surface area contributed by atoms with Crippen molar-refractivity contribution in [1.29, 1.82) is 0 Å². The van der Waals surface area contributed by atoms with Crippen molar-refractivity contribution in [3.63, 3.8) is 0 Å². The summed E-state index contributed by atoms with van der Waals surface area (Å²) in [5.74, 6) is -1.37. The van der Waals surface area contributed by atoms with E-state index in [1.54, 1.807) is 12.1 Å². The van der Waals surface area contributed by atoms with Crippen LogP contribution in [0.15, 0.2) is 71.6 Å². The zero-order chi connectivity index (χ0) is 32.1. The van der Waals surface area contributed by atoms with E-state index in [2.05, 4.69) is 5.32 Å². The number of rotatable bonds is 11. The van der Waals surface area contributed by atoms with Crippen LogP contribution < -0.4 is 9.62 Å². The average molecular weight is 679 g/mol. The molecule has 0 aliphatic carbocycles. The largest absolute Gasteiger partial charge is 0.416 e. The van der Waals surface area contributed by atoms with Crippen LogP contribution in [0.3, 0.4) is 0 Å². The van der Waals surface area contributed by atoms with Crippen LogP contribution in [-0.4, -0.2) is 44.3 Å². The number of hydrogen-bond donors (Lipinski definition) is 1. The quantitative estimate of drug-likeness (QED) is 0.236. The molecular formula is C29H29Cl3F3N3O4S. The van der Waals surface area contributed by atoms with E-state index in [-0.39, 0.29) is 38.0 Å². The fraction of sp³-hybridized carbons (Fsp3) is 0.310. The summed E-state index contributed by atoms with van der Waals surface area (Å²) in [5.41, 5.74) is -1.45. The molecule has 2 amide bonds. The van der Waals surface area contributed by atoms with Gasteiger partial charge in [-0.2, -0.15) is 13.2 Å². The van der Waals surface area contributed by atoms with Crippen LogP contribution >= 0.6 is 34.8 Å². The smallest absolute Gasteiger partial charge is 0.354 e. The molecule has 0 spiro atoms. The fourth-order valence-electron chi connectivity index (χ4n) is 4.00. The Morgan fingerprint density at radius 2 is 1.49 bits per heavy atom. The predicted octanol–water partition coefficient (Wildman–Crippen LogP) is 7.05. The highest BCUT2D eigenvalue weighted by atomic mass is 35.5. The van der Waals surface area contributed by atoms with Crippen molar-refractivity contribution < 1.29 is 31.2 Å². The van der Waals surface area contributed by atoms with E-state index in [9.17, 15) is 31.2 Å². The maximum Gasteiger partial charge on any atom is 0.416 e. The van der Waals surface area contributed by atoms with Gasteiger partial charge in [0.05, 0.1) is 21.2 Å². The lowest BCUT2D eigenvalue weighted by Gasteiger charge is -2.33. The maximum atomic E-state index is 14.0. The van der Waals surface area contributed by atoms with Crippen molar-refractivity contribution >= 4 is 62.3 Å². The number of amides is 2. The van der Waals surface area contributed by atoms with Crippen molar-refractivity contribution in [2.24, 2.45) is 5.92 Å². The lowest BCUT2D eigenvalue weighted by atomic mass is 10.1. The molecule has 3 rings (SSSR count). The van der Waals surface area contributed by atoms with Gasteiger partial charge in [0.1, 0.15) is 12.6 Å². The summed E-state index contributed by atoms with van der Waals surface area (Å²) in [6.07, 6.45) is -4.83. The van der Waals surface area contributed by atoms with Crippen molar-refractivity contribution in [2.45, 2.75) is 44.4 Å². The molecule has 14 heteroatoms. The highest BCUT2D eigenvalue weighted by molar-refractivity contribution is 7.92. The summed E-state index contributed by atoms with van der Waals surface area (Å²) in [7, 11) is -4.64. The number of carbonyl (C=O) groups excluding carboxylic acids is 2. The summed E-state index contributed by atoms with van der Waals surface area (Å²) >= 11 is 18.9. The first-order valence-corrected chi connectivity index (χ1v) is 15.6. The number of benzene rings is 3. The standard InChI is InChI=1S/C29H29Cl3F3N3O4S/c1-18(2)15-36-28(40)19(3)37(16-22-23(30)10-7-11-24(22)31)27(39)17-38(43(41,42)21-8-5-4-6-9-21)26-14-20(29(33,34)35)12-13-25(26)32/h4-14,18-19H,15-17H2,1-3H3,(H,36,40)/t19-/m1/s1. The number of halogens is 6. The summed E-state index contributed by atoms with van der Waals surface area (Å²) in [6, 6.07) is 12.5. The summed E-state index contributed by atoms with van der Waals surface area (Å²) < 4.78 is 69.2. The second-order valence-corrected chi connectivity index (χ2v) is 13.1. The number of nitrogens with zero attached hydrogens (tertiary/aromatic N) is 2. The molecule has 0 saturated carbocycles. The van der Waals surface area contributed by atoms with Crippen LogP contribution in [0.1, 0.15) is 31.9 Å². The molecule has 0 fully saturated rings. The molecule has 0 heterocycles. The lowest BCUT2D eigenvalue weighted by molar-refractivity contribution is -0.139. The van der Waals surface area contributed by atoms with Gasteiger partial charge in [0.25, 0.3) is 10.0 Å². The minimum atomic E-state index is -4.83. The molecule has 0 bridgehead atoms. The van der Waals surface area contributed by atoms with Crippen molar-refractivity contribution in [2.75, 3.05) is 17.4 Å². The fourth-order valence-corrected chi connectivity index (χ4v) is 6.23. The Hall–Kier alpha value is -2.99. The Morgan fingerprint density at radius 1 is 0.884 bits per heavy atom. The highest BCUT2D eigenvalue weighted by Crippen LogP contribution is 2.37. The van der Waals surface area contributed by atoms with Crippen LogP contribution in [0.25, 0.3) is 0 Å². The number of alkyl halides is 3. The molecule has 0 unspecified atom stereocenters. The zero-order valence-electron chi connectivity index (χ0n) is 23.3. The van der Waals surface area contributed by atoms with Gasteiger partial charge < -0.3 is 10.2 Å². The minimum Gasteiger partial charge on any atom is -0.354 e. The first kappa shape index (κ1) is 34.5. The van der Waals surface area contributed by atoms with E-state index < -0.39 is 51.9 Å². The van der Waals surface area contributed by atoms with E-state index in [1.807, 2.05) is 13.8 Å². The molecule has 0 aliphatic heterocycles. The zero-order valence-corrected chi connectivity index (χ0v) is 26.4. The third kappa shape index (κ3) is 8.56. The Labute approximate surface area is 263 Å². The Balaban J connectivity index is 2.14. The number of nitrogens with one attached hydrogen (secondary N) is 1. The topological polar surface area (TPSA) is 86.8 Å². The van der Waals surface area contributed by atoms with Crippen LogP contribution in [-0.2, 0) is 32.3 Å². The van der Waals surface area contributed by atoms with Gasteiger partial charge in [-0.25, -0.2) is 8.42 Å². The highest BCUT2D eigenvalue weighted by Gasteiger charge is 2.36. The van der Waals surface area contributed by atoms with E-state index in [0.717, 1.165) is 11.0 Å². The van der Waals surface area contributed by atoms with Gasteiger partial charge in [0, 0.05) is 28.7 Å². The van der Waals surface area contributed by atoms with Crippen molar-refractivity contribution in [3.05, 3.63) is 92.9 Å². The molecule has 0 saturated heterocycles. The van der Waals surface area contributed by atoms with Gasteiger partial charge in [0.2, 0.25) is 11.8 Å². The van der Waals surface area contributed by atoms with Gasteiger partial charge in [-0.3, -0.25) is 13.9 Å². The monoisotopic (exact) mass is 677 g/mol. The van der Waals surface area contributed by atoms with E-state index in [0.29, 0.717) is 23.0 Å². The molecule has 43 heavy (non-hydrogen) atoms. The van der Waals surface area contributed by atoms with Crippen molar-refractivity contribution in [1.82, 2.24) is 10.2 Å². The number of sulfonamides is 1. The first-order valence-electron chi connectivity index (χ1n) is 13.0. The Kier molecular flexibility index (Phi) is 11.4. The maximum absolute atomic E-state index is 14.0. The molecule has 1 N–H and O–H groups in total. The molecule has 0 aromatic heterocycles. The molecular weight excluding hydrogens is 650 g/mol. The number of anilines is 1. The summed E-state index contributed by atoms with van der Waals surface area (Å²) in [4.78, 5) is 27.9. The van der Waals surface area contributed by atoms with Gasteiger partial charge >= 0.3 is 6.18 Å². The third-order valence-corrected chi connectivity index (χ3v) is 9.20. The van der Waals surface area contributed by atoms with Crippen LogP contribution in [0.5, 0.6) is 0 Å². The van der Waals surface area contributed by atoms with Crippen LogP contribution in [0.4, 0.5) is 18.9 Å². The average Bonchev–Trinajstić information content (AvgIpc) is 2.94. The van der Waals surface area contributed by atoms with Gasteiger partial charge in [-0.05, 0) is 55.3 Å². The molecule has 1 atom stereocenters. The normalized spacial score (nSPS) is 12.6. The van der Waals surface area contributed by atoms with Crippen molar-refractivity contribution in [3.8, 4) is 0 Å².